The van der Waals surface area contributed by atoms with Crippen LogP contribution in [0.15, 0.2) is 0 Å². The van der Waals surface area contributed by atoms with Gasteiger partial charge in [0.05, 0.1) is 6.04 Å². The second-order valence-corrected chi connectivity index (χ2v) is 4.77. The zero-order valence-corrected chi connectivity index (χ0v) is 9.41. The number of hydrogen-bond donors (Lipinski definition) is 1. The first kappa shape index (κ1) is 11.3. The lowest BCUT2D eigenvalue weighted by Gasteiger charge is -2.45. The topological polar surface area (TPSA) is 55.6 Å². The fraction of sp³-hybridized carbons (Fsp3) is 0.900. The van der Waals surface area contributed by atoms with Gasteiger partial charge in [-0.05, 0) is 27.2 Å². The van der Waals surface area contributed by atoms with E-state index >= 15 is 0 Å². The summed E-state index contributed by atoms with van der Waals surface area (Å²) in [5.74, 6) is 0. The lowest BCUT2D eigenvalue weighted by Crippen LogP contribution is -2.66. The highest BCUT2D eigenvalue weighted by Gasteiger charge is 2.40. The Hall–Kier alpha value is -0.770. The largest absolute Gasteiger partial charge is 0.444 e. The third kappa shape index (κ3) is 2.38. The van der Waals surface area contributed by atoms with Crippen molar-refractivity contribution in [2.24, 2.45) is 5.73 Å². The van der Waals surface area contributed by atoms with Gasteiger partial charge in [0.15, 0.2) is 0 Å². The Morgan fingerprint density at radius 3 is 2.50 bits per heavy atom. The molecule has 0 aliphatic carbocycles. The van der Waals surface area contributed by atoms with Crippen LogP contribution in [0.1, 0.15) is 34.1 Å². The molecule has 4 heteroatoms. The lowest BCUT2D eigenvalue weighted by atomic mass is 9.96. The van der Waals surface area contributed by atoms with Crippen molar-refractivity contribution in [1.29, 1.82) is 0 Å². The molecule has 1 aliphatic rings. The highest BCUT2D eigenvalue weighted by atomic mass is 16.6. The van der Waals surface area contributed by atoms with Crippen LogP contribution >= 0.6 is 0 Å². The number of carbonyl (C=O) groups is 1. The van der Waals surface area contributed by atoms with Crippen LogP contribution in [0.4, 0.5) is 4.79 Å². The van der Waals surface area contributed by atoms with E-state index in [1.165, 1.54) is 0 Å². The lowest BCUT2D eigenvalue weighted by molar-refractivity contribution is -0.0133. The van der Waals surface area contributed by atoms with Crippen LogP contribution in [0.5, 0.6) is 0 Å². The zero-order valence-electron chi connectivity index (χ0n) is 9.41. The average molecular weight is 200 g/mol. The number of hydrogen-bond acceptors (Lipinski definition) is 3. The number of likely N-dealkylation sites (tertiary alicyclic amines) is 1. The maximum Gasteiger partial charge on any atom is 0.410 e. The molecule has 14 heavy (non-hydrogen) atoms. The van der Waals surface area contributed by atoms with Crippen LogP contribution in [0.2, 0.25) is 0 Å². The van der Waals surface area contributed by atoms with Crippen molar-refractivity contribution in [3.05, 3.63) is 0 Å². The SMILES string of the molecule is CCC1C(N)CN1C(=O)OC(C)(C)C. The third-order valence-electron chi connectivity index (χ3n) is 2.35. The molecule has 4 nitrogen and oxygen atoms in total. The summed E-state index contributed by atoms with van der Waals surface area (Å²) in [6.07, 6.45) is 0.645. The molecule has 1 amide bonds. The summed E-state index contributed by atoms with van der Waals surface area (Å²) in [4.78, 5) is 13.3. The van der Waals surface area contributed by atoms with Crippen LogP contribution in [-0.4, -0.2) is 35.2 Å². The standard InChI is InChI=1S/C10H20N2O2/c1-5-8-7(11)6-12(8)9(13)14-10(2,3)4/h7-8H,5-6,11H2,1-4H3. The molecule has 0 bridgehead atoms. The predicted molar refractivity (Wildman–Crippen MR) is 55.0 cm³/mol. The van der Waals surface area contributed by atoms with Crippen molar-refractivity contribution in [2.75, 3.05) is 6.54 Å². The highest BCUT2D eigenvalue weighted by molar-refractivity contribution is 5.70. The highest BCUT2D eigenvalue weighted by Crippen LogP contribution is 2.22. The van der Waals surface area contributed by atoms with E-state index in [-0.39, 0.29) is 18.2 Å². The van der Waals surface area contributed by atoms with Gasteiger partial charge < -0.3 is 15.4 Å². The molecule has 1 fully saturated rings. The summed E-state index contributed by atoms with van der Waals surface area (Å²) >= 11 is 0. The van der Waals surface area contributed by atoms with Gasteiger partial charge in [0.1, 0.15) is 5.60 Å². The van der Waals surface area contributed by atoms with E-state index in [4.69, 9.17) is 10.5 Å². The Labute approximate surface area is 85.4 Å². The Bertz CT molecular complexity index is 223. The Morgan fingerprint density at radius 2 is 2.14 bits per heavy atom. The Balaban J connectivity index is 2.47. The molecule has 2 N–H and O–H groups in total. The Kier molecular flexibility index (Phi) is 3.04. The maximum absolute atomic E-state index is 11.6. The summed E-state index contributed by atoms with van der Waals surface area (Å²) in [5.41, 5.74) is 5.35. The van der Waals surface area contributed by atoms with E-state index in [0.717, 1.165) is 6.42 Å². The van der Waals surface area contributed by atoms with Crippen molar-refractivity contribution in [1.82, 2.24) is 4.90 Å². The summed E-state index contributed by atoms with van der Waals surface area (Å²) in [7, 11) is 0. The first-order valence-electron chi connectivity index (χ1n) is 5.10. The minimum absolute atomic E-state index is 0.118. The molecule has 1 aliphatic heterocycles. The van der Waals surface area contributed by atoms with Gasteiger partial charge in [-0.1, -0.05) is 6.92 Å². The molecule has 0 saturated carbocycles. The molecular formula is C10H20N2O2. The van der Waals surface area contributed by atoms with Gasteiger partial charge in [-0.2, -0.15) is 0 Å². The van der Waals surface area contributed by atoms with Gasteiger partial charge in [0, 0.05) is 12.6 Å². The quantitative estimate of drug-likeness (QED) is 0.695. The zero-order chi connectivity index (χ0) is 10.9. The van der Waals surface area contributed by atoms with Crippen molar-refractivity contribution in [3.63, 3.8) is 0 Å². The van der Waals surface area contributed by atoms with Gasteiger partial charge in [-0.3, -0.25) is 0 Å². The van der Waals surface area contributed by atoms with Gasteiger partial charge in [-0.25, -0.2) is 4.79 Å². The molecule has 0 aromatic heterocycles. The second kappa shape index (κ2) is 3.77. The van der Waals surface area contributed by atoms with Crippen LogP contribution in [0.3, 0.4) is 0 Å². The van der Waals surface area contributed by atoms with Gasteiger partial charge in [0.2, 0.25) is 0 Å². The van der Waals surface area contributed by atoms with Crippen molar-refractivity contribution in [2.45, 2.75) is 51.8 Å². The summed E-state index contributed by atoms with van der Waals surface area (Å²) < 4.78 is 5.25. The molecular weight excluding hydrogens is 180 g/mol. The van der Waals surface area contributed by atoms with Crippen LogP contribution in [0, 0.1) is 0 Å². The van der Waals surface area contributed by atoms with Gasteiger partial charge in [-0.15, -0.1) is 0 Å². The van der Waals surface area contributed by atoms with E-state index in [9.17, 15) is 4.79 Å². The molecule has 82 valence electrons. The minimum atomic E-state index is -0.422. The molecule has 0 spiro atoms. The smallest absolute Gasteiger partial charge is 0.410 e. The summed E-state index contributed by atoms with van der Waals surface area (Å²) in [6, 6.07) is 0.275. The number of rotatable bonds is 1. The first-order chi connectivity index (χ1) is 6.35. The minimum Gasteiger partial charge on any atom is -0.444 e. The van der Waals surface area contributed by atoms with E-state index in [0.29, 0.717) is 6.54 Å². The third-order valence-corrected chi connectivity index (χ3v) is 2.35. The van der Waals surface area contributed by atoms with E-state index in [1.807, 2.05) is 27.7 Å². The van der Waals surface area contributed by atoms with E-state index in [1.54, 1.807) is 4.90 Å². The fourth-order valence-corrected chi connectivity index (χ4v) is 1.63. The number of ether oxygens (including phenoxy) is 1. The van der Waals surface area contributed by atoms with Gasteiger partial charge in [0.25, 0.3) is 0 Å². The van der Waals surface area contributed by atoms with E-state index < -0.39 is 5.60 Å². The molecule has 0 aromatic rings. The van der Waals surface area contributed by atoms with Crippen LogP contribution in [-0.2, 0) is 4.74 Å². The summed E-state index contributed by atoms with van der Waals surface area (Å²) in [6.45, 7) is 8.25. The molecule has 2 atom stereocenters. The number of nitrogens with two attached hydrogens (primary N) is 1. The number of amides is 1. The molecule has 0 aromatic carbocycles. The maximum atomic E-state index is 11.6. The van der Waals surface area contributed by atoms with Crippen molar-refractivity contribution in [3.8, 4) is 0 Å². The average Bonchev–Trinajstić information content (AvgIpc) is 1.97. The number of carbonyl (C=O) groups excluding carboxylic acids is 1. The molecule has 1 rings (SSSR count). The Morgan fingerprint density at radius 1 is 1.57 bits per heavy atom. The fourth-order valence-electron chi connectivity index (χ4n) is 1.63. The van der Waals surface area contributed by atoms with Crippen LogP contribution < -0.4 is 5.73 Å². The molecule has 1 heterocycles. The number of nitrogens with zero attached hydrogens (tertiary/aromatic N) is 1. The second-order valence-electron chi connectivity index (χ2n) is 4.77. The molecule has 0 radical (unpaired) electrons. The summed E-state index contributed by atoms with van der Waals surface area (Å²) in [5, 5.41) is 0. The van der Waals surface area contributed by atoms with Crippen LogP contribution in [0.25, 0.3) is 0 Å². The van der Waals surface area contributed by atoms with Gasteiger partial charge >= 0.3 is 6.09 Å². The molecule has 1 saturated heterocycles. The molecule has 2 unspecified atom stereocenters. The van der Waals surface area contributed by atoms with Crippen molar-refractivity contribution < 1.29 is 9.53 Å². The monoisotopic (exact) mass is 200 g/mol. The normalized spacial score (nSPS) is 27.1. The predicted octanol–water partition coefficient (Wildman–Crippen LogP) is 1.34. The van der Waals surface area contributed by atoms with E-state index in [2.05, 4.69) is 0 Å². The first-order valence-corrected chi connectivity index (χ1v) is 5.10. The van der Waals surface area contributed by atoms with Crippen molar-refractivity contribution >= 4 is 6.09 Å².